The number of carbonyl (C=O) groups is 1. The zero-order chi connectivity index (χ0) is 14.0. The van der Waals surface area contributed by atoms with Gasteiger partial charge in [-0.15, -0.1) is 10.2 Å². The van der Waals surface area contributed by atoms with E-state index in [2.05, 4.69) is 15.5 Å². The number of alkyl halides is 3. The average molecular weight is 271 g/mol. The minimum Gasteiger partial charge on any atom is -0.417 e. The third-order valence-corrected chi connectivity index (χ3v) is 2.20. The molecule has 0 aliphatic rings. The van der Waals surface area contributed by atoms with Crippen LogP contribution in [0.25, 0.3) is 0 Å². The van der Waals surface area contributed by atoms with Crippen molar-refractivity contribution in [2.75, 3.05) is 5.32 Å². The molecule has 1 amide bonds. The highest BCUT2D eigenvalue weighted by atomic mass is 19.4. The van der Waals surface area contributed by atoms with Gasteiger partial charge in [0.2, 0.25) is 5.89 Å². The van der Waals surface area contributed by atoms with E-state index < -0.39 is 23.5 Å². The summed E-state index contributed by atoms with van der Waals surface area (Å²) in [6.45, 7) is 1.47. The molecule has 2 aromatic rings. The maximum Gasteiger partial charge on any atom is 0.418 e. The molecule has 1 N–H and O–H groups in total. The van der Waals surface area contributed by atoms with Crippen LogP contribution in [0.4, 0.5) is 18.9 Å². The van der Waals surface area contributed by atoms with Crippen LogP contribution in [0.15, 0.2) is 28.7 Å². The molecule has 0 saturated heterocycles. The molecule has 1 aromatic heterocycles. The zero-order valence-corrected chi connectivity index (χ0v) is 9.65. The highest BCUT2D eigenvalue weighted by Crippen LogP contribution is 2.34. The highest BCUT2D eigenvalue weighted by Gasteiger charge is 2.33. The number of aromatic nitrogens is 2. The molecule has 2 rings (SSSR count). The van der Waals surface area contributed by atoms with Gasteiger partial charge < -0.3 is 9.73 Å². The summed E-state index contributed by atoms with van der Waals surface area (Å²) in [6, 6.07) is 4.62. The van der Waals surface area contributed by atoms with Crippen molar-refractivity contribution in [2.24, 2.45) is 0 Å². The van der Waals surface area contributed by atoms with Gasteiger partial charge in [0.1, 0.15) is 0 Å². The van der Waals surface area contributed by atoms with Gasteiger partial charge in [0.05, 0.1) is 11.3 Å². The second-order valence-corrected chi connectivity index (χ2v) is 3.62. The number of amides is 1. The first-order valence-electron chi connectivity index (χ1n) is 5.15. The van der Waals surface area contributed by atoms with Crippen LogP contribution in [0.2, 0.25) is 0 Å². The molecule has 0 atom stereocenters. The predicted molar refractivity (Wildman–Crippen MR) is 58.4 cm³/mol. The molecule has 0 saturated carbocycles. The van der Waals surface area contributed by atoms with E-state index in [-0.39, 0.29) is 11.6 Å². The quantitative estimate of drug-likeness (QED) is 0.911. The maximum absolute atomic E-state index is 12.7. The largest absolute Gasteiger partial charge is 0.418 e. The summed E-state index contributed by atoms with van der Waals surface area (Å²) < 4.78 is 42.9. The van der Waals surface area contributed by atoms with Crippen molar-refractivity contribution in [3.05, 3.63) is 41.6 Å². The number of carbonyl (C=O) groups excluding carboxylic acids is 1. The normalized spacial score (nSPS) is 11.4. The van der Waals surface area contributed by atoms with Crippen molar-refractivity contribution in [2.45, 2.75) is 13.1 Å². The van der Waals surface area contributed by atoms with Crippen molar-refractivity contribution >= 4 is 11.6 Å². The fourth-order valence-electron chi connectivity index (χ4n) is 1.40. The van der Waals surface area contributed by atoms with Crippen LogP contribution in [0.1, 0.15) is 22.1 Å². The van der Waals surface area contributed by atoms with Crippen LogP contribution in [0.3, 0.4) is 0 Å². The second kappa shape index (κ2) is 4.71. The van der Waals surface area contributed by atoms with E-state index in [0.29, 0.717) is 0 Å². The number of hydrogen-bond donors (Lipinski definition) is 1. The fraction of sp³-hybridized carbons (Fsp3) is 0.182. The van der Waals surface area contributed by atoms with Gasteiger partial charge in [0.25, 0.3) is 0 Å². The fourth-order valence-corrected chi connectivity index (χ4v) is 1.40. The van der Waals surface area contributed by atoms with Gasteiger partial charge in [-0.3, -0.25) is 4.79 Å². The number of hydrogen-bond acceptors (Lipinski definition) is 4. The minimum atomic E-state index is -4.56. The van der Waals surface area contributed by atoms with Gasteiger partial charge >= 0.3 is 18.0 Å². The lowest BCUT2D eigenvalue weighted by atomic mass is 10.1. The lowest BCUT2D eigenvalue weighted by Gasteiger charge is -2.12. The molecule has 0 spiro atoms. The number of aryl methyl sites for hydroxylation is 1. The van der Waals surface area contributed by atoms with Gasteiger partial charge in [0.15, 0.2) is 0 Å². The summed E-state index contributed by atoms with van der Waals surface area (Å²) in [5.41, 5.74) is -1.31. The van der Waals surface area contributed by atoms with Crippen LogP contribution in [-0.2, 0) is 6.18 Å². The molecule has 0 bridgehead atoms. The van der Waals surface area contributed by atoms with Crippen molar-refractivity contribution < 1.29 is 22.4 Å². The number of halogens is 3. The van der Waals surface area contributed by atoms with Crippen LogP contribution in [0, 0.1) is 6.92 Å². The monoisotopic (exact) mass is 271 g/mol. The second-order valence-electron chi connectivity index (χ2n) is 3.62. The number of rotatable bonds is 2. The van der Waals surface area contributed by atoms with Gasteiger partial charge in [0, 0.05) is 6.92 Å². The van der Waals surface area contributed by atoms with Crippen molar-refractivity contribution in [3.63, 3.8) is 0 Å². The van der Waals surface area contributed by atoms with E-state index in [1.165, 1.54) is 19.1 Å². The van der Waals surface area contributed by atoms with Gasteiger partial charge in [-0.05, 0) is 12.1 Å². The Morgan fingerprint density at radius 3 is 2.53 bits per heavy atom. The van der Waals surface area contributed by atoms with E-state index >= 15 is 0 Å². The SMILES string of the molecule is Cc1nnc(C(=O)Nc2ccccc2C(F)(F)F)o1. The maximum atomic E-state index is 12.7. The average Bonchev–Trinajstić information content (AvgIpc) is 2.75. The molecule has 0 unspecified atom stereocenters. The van der Waals surface area contributed by atoms with Gasteiger partial charge in [-0.25, -0.2) is 0 Å². The highest BCUT2D eigenvalue weighted by molar-refractivity contribution is 6.01. The van der Waals surface area contributed by atoms with Crippen molar-refractivity contribution in [1.29, 1.82) is 0 Å². The number of anilines is 1. The molecule has 0 aliphatic heterocycles. The first-order chi connectivity index (χ1) is 8.88. The van der Waals surface area contributed by atoms with Crippen LogP contribution in [-0.4, -0.2) is 16.1 Å². The Balaban J connectivity index is 2.27. The smallest absolute Gasteiger partial charge is 0.417 e. The summed E-state index contributed by atoms with van der Waals surface area (Å²) in [5.74, 6) is -1.14. The lowest BCUT2D eigenvalue weighted by Crippen LogP contribution is -2.16. The molecule has 100 valence electrons. The first kappa shape index (κ1) is 13.1. The molecule has 8 heteroatoms. The lowest BCUT2D eigenvalue weighted by molar-refractivity contribution is -0.136. The summed E-state index contributed by atoms with van der Waals surface area (Å²) in [7, 11) is 0. The molecule has 1 heterocycles. The Morgan fingerprint density at radius 2 is 1.95 bits per heavy atom. The molecule has 19 heavy (non-hydrogen) atoms. The topological polar surface area (TPSA) is 68.0 Å². The Hall–Kier alpha value is -2.38. The number of nitrogens with zero attached hydrogens (tertiary/aromatic N) is 2. The molecule has 0 radical (unpaired) electrons. The van der Waals surface area contributed by atoms with E-state index in [0.717, 1.165) is 12.1 Å². The first-order valence-corrected chi connectivity index (χ1v) is 5.15. The zero-order valence-electron chi connectivity index (χ0n) is 9.65. The molecule has 5 nitrogen and oxygen atoms in total. The predicted octanol–water partition coefficient (Wildman–Crippen LogP) is 2.65. The molecular formula is C11H8F3N3O2. The number of benzene rings is 1. The molecular weight excluding hydrogens is 263 g/mol. The van der Waals surface area contributed by atoms with Crippen LogP contribution in [0.5, 0.6) is 0 Å². The van der Waals surface area contributed by atoms with Gasteiger partial charge in [-0.1, -0.05) is 12.1 Å². The standard InChI is InChI=1S/C11H8F3N3O2/c1-6-16-17-10(19-6)9(18)15-8-5-3-2-4-7(8)11(12,13)14/h2-5H,1H3,(H,15,18). The van der Waals surface area contributed by atoms with E-state index in [4.69, 9.17) is 4.42 Å². The number of para-hydroxylation sites is 1. The summed E-state index contributed by atoms with van der Waals surface area (Å²) in [6.07, 6.45) is -4.56. The van der Waals surface area contributed by atoms with Crippen molar-refractivity contribution in [3.8, 4) is 0 Å². The van der Waals surface area contributed by atoms with E-state index in [9.17, 15) is 18.0 Å². The third-order valence-electron chi connectivity index (χ3n) is 2.20. The van der Waals surface area contributed by atoms with Crippen LogP contribution >= 0.6 is 0 Å². The molecule has 0 aliphatic carbocycles. The Labute approximate surface area is 105 Å². The third kappa shape index (κ3) is 2.90. The van der Waals surface area contributed by atoms with Crippen molar-refractivity contribution in [1.82, 2.24) is 10.2 Å². The summed E-state index contributed by atoms with van der Waals surface area (Å²) >= 11 is 0. The Morgan fingerprint density at radius 1 is 1.26 bits per heavy atom. The summed E-state index contributed by atoms with van der Waals surface area (Å²) in [4.78, 5) is 11.6. The number of nitrogens with one attached hydrogen (secondary N) is 1. The van der Waals surface area contributed by atoms with Crippen LogP contribution < -0.4 is 5.32 Å². The van der Waals surface area contributed by atoms with E-state index in [1.807, 2.05) is 0 Å². The van der Waals surface area contributed by atoms with Gasteiger partial charge in [-0.2, -0.15) is 13.2 Å². The van der Waals surface area contributed by atoms with E-state index in [1.54, 1.807) is 0 Å². The molecule has 1 aromatic carbocycles. The minimum absolute atomic E-state index is 0.147. The Kier molecular flexibility index (Phi) is 3.24. The molecule has 0 fully saturated rings. The summed E-state index contributed by atoms with van der Waals surface area (Å²) in [5, 5.41) is 8.94. The Bertz CT molecular complexity index is 607.